The summed E-state index contributed by atoms with van der Waals surface area (Å²) in [7, 11) is 1.72. The van der Waals surface area contributed by atoms with Crippen molar-refractivity contribution in [3.05, 3.63) is 83.0 Å². The molecule has 158 valence electrons. The molecule has 2 N–H and O–H groups in total. The molecule has 6 nitrogen and oxygen atoms in total. The van der Waals surface area contributed by atoms with Gasteiger partial charge >= 0.3 is 0 Å². The number of rotatable bonds is 7. The number of hydrogen-bond donors (Lipinski definition) is 2. The van der Waals surface area contributed by atoms with Gasteiger partial charge in [-0.05, 0) is 53.9 Å². The molecule has 0 radical (unpaired) electrons. The summed E-state index contributed by atoms with van der Waals surface area (Å²) in [5, 5.41) is 6.99. The van der Waals surface area contributed by atoms with E-state index in [9.17, 15) is 4.39 Å². The van der Waals surface area contributed by atoms with Crippen LogP contribution in [-0.2, 0) is 13.0 Å². The second-order valence-electron chi connectivity index (χ2n) is 6.15. The summed E-state index contributed by atoms with van der Waals surface area (Å²) in [6.07, 6.45) is 4.23. The summed E-state index contributed by atoms with van der Waals surface area (Å²) in [4.78, 5) is 12.5. The molecular formula is C21H22ClFIN5O. The molecule has 0 fully saturated rings. The predicted molar refractivity (Wildman–Crippen MR) is 127 cm³/mol. The first-order valence-electron chi connectivity index (χ1n) is 9.05. The predicted octanol–water partition coefficient (Wildman–Crippen LogP) is 4.59. The molecule has 0 atom stereocenters. The van der Waals surface area contributed by atoms with E-state index >= 15 is 0 Å². The molecule has 0 saturated carbocycles. The molecule has 0 aliphatic heterocycles. The molecule has 2 aromatic heterocycles. The molecule has 0 bridgehead atoms. The van der Waals surface area contributed by atoms with Gasteiger partial charge in [-0.25, -0.2) is 14.4 Å². The molecule has 2 heterocycles. The Kier molecular flexibility index (Phi) is 9.75. The van der Waals surface area contributed by atoms with Crippen LogP contribution in [0.5, 0.6) is 11.6 Å². The van der Waals surface area contributed by atoms with Crippen molar-refractivity contribution in [2.75, 3.05) is 13.6 Å². The molecule has 3 rings (SSSR count). The number of aromatic nitrogens is 2. The summed E-state index contributed by atoms with van der Waals surface area (Å²) in [5.41, 5.74) is 2.07. The van der Waals surface area contributed by atoms with Gasteiger partial charge in [0.15, 0.2) is 5.96 Å². The molecule has 9 heteroatoms. The fourth-order valence-corrected chi connectivity index (χ4v) is 2.64. The molecule has 30 heavy (non-hydrogen) atoms. The van der Waals surface area contributed by atoms with E-state index in [1.54, 1.807) is 37.6 Å². The number of hydrogen-bond acceptors (Lipinski definition) is 4. The quantitative estimate of drug-likeness (QED) is 0.198. The lowest BCUT2D eigenvalue weighted by Gasteiger charge is -2.12. The third-order valence-corrected chi connectivity index (χ3v) is 4.24. The fraction of sp³-hybridized carbons (Fsp3) is 0.190. The number of aliphatic imine (C=N–C) groups is 1. The van der Waals surface area contributed by atoms with Gasteiger partial charge in [0.2, 0.25) is 5.88 Å². The van der Waals surface area contributed by atoms with Gasteiger partial charge in [0.05, 0.1) is 0 Å². The number of pyridine rings is 2. The zero-order valence-corrected chi connectivity index (χ0v) is 19.4. The van der Waals surface area contributed by atoms with Crippen molar-refractivity contribution in [3.63, 3.8) is 0 Å². The molecule has 0 amide bonds. The zero-order chi connectivity index (χ0) is 20.5. The van der Waals surface area contributed by atoms with Gasteiger partial charge in [-0.1, -0.05) is 17.7 Å². The van der Waals surface area contributed by atoms with E-state index in [1.165, 1.54) is 12.1 Å². The largest absolute Gasteiger partial charge is 0.439 e. The monoisotopic (exact) mass is 541 g/mol. The van der Waals surface area contributed by atoms with Crippen LogP contribution in [0, 0.1) is 5.82 Å². The van der Waals surface area contributed by atoms with E-state index in [0.717, 1.165) is 17.5 Å². The Labute approximate surface area is 197 Å². The Balaban J connectivity index is 0.00000320. The highest BCUT2D eigenvalue weighted by molar-refractivity contribution is 14.0. The number of ether oxygens (including phenoxy) is 1. The van der Waals surface area contributed by atoms with Crippen LogP contribution in [0.1, 0.15) is 11.1 Å². The van der Waals surface area contributed by atoms with Crippen molar-refractivity contribution >= 4 is 41.5 Å². The number of nitrogens with one attached hydrogen (secondary N) is 2. The topological polar surface area (TPSA) is 71.4 Å². The van der Waals surface area contributed by atoms with E-state index in [-0.39, 0.29) is 29.8 Å². The summed E-state index contributed by atoms with van der Waals surface area (Å²) in [5.74, 6) is 1.34. The second-order valence-corrected chi connectivity index (χ2v) is 6.54. The molecule has 0 aliphatic carbocycles. The highest BCUT2D eigenvalue weighted by Crippen LogP contribution is 2.20. The third kappa shape index (κ3) is 7.75. The van der Waals surface area contributed by atoms with Crippen molar-refractivity contribution in [1.29, 1.82) is 0 Å². The zero-order valence-electron chi connectivity index (χ0n) is 16.3. The highest BCUT2D eigenvalue weighted by Gasteiger charge is 2.03. The normalized spacial score (nSPS) is 10.8. The SMILES string of the molecule is CN=C(NCCc1ccc(Cl)nc1)NCc1ccnc(Oc2ccc(F)cc2)c1.I. The van der Waals surface area contributed by atoms with E-state index in [0.29, 0.717) is 35.8 Å². The van der Waals surface area contributed by atoms with E-state index in [1.807, 2.05) is 18.2 Å². The van der Waals surface area contributed by atoms with Gasteiger partial charge in [-0.3, -0.25) is 4.99 Å². The highest BCUT2D eigenvalue weighted by atomic mass is 127. The number of benzene rings is 1. The summed E-state index contributed by atoms with van der Waals surface area (Å²) in [6, 6.07) is 13.2. The van der Waals surface area contributed by atoms with Gasteiger partial charge < -0.3 is 15.4 Å². The van der Waals surface area contributed by atoms with Crippen molar-refractivity contribution in [2.45, 2.75) is 13.0 Å². The Hall–Kier alpha value is -2.46. The Morgan fingerprint density at radius 1 is 1.07 bits per heavy atom. The van der Waals surface area contributed by atoms with Crippen LogP contribution in [0.4, 0.5) is 4.39 Å². The van der Waals surface area contributed by atoms with Gasteiger partial charge in [-0.2, -0.15) is 0 Å². The summed E-state index contributed by atoms with van der Waals surface area (Å²) in [6.45, 7) is 1.25. The Bertz CT molecular complexity index is 954. The summed E-state index contributed by atoms with van der Waals surface area (Å²) < 4.78 is 18.7. The van der Waals surface area contributed by atoms with Crippen LogP contribution in [0.15, 0.2) is 65.9 Å². The van der Waals surface area contributed by atoms with Gasteiger partial charge in [-0.15, -0.1) is 24.0 Å². The maximum Gasteiger partial charge on any atom is 0.219 e. The lowest BCUT2D eigenvalue weighted by Crippen LogP contribution is -2.37. The number of halogens is 3. The molecule has 3 aromatic rings. The molecule has 0 unspecified atom stereocenters. The average molecular weight is 542 g/mol. The molecule has 0 aliphatic rings. The Morgan fingerprint density at radius 3 is 2.57 bits per heavy atom. The van der Waals surface area contributed by atoms with Crippen LogP contribution in [-0.4, -0.2) is 29.5 Å². The smallest absolute Gasteiger partial charge is 0.219 e. The van der Waals surface area contributed by atoms with E-state index in [2.05, 4.69) is 25.6 Å². The number of guanidine groups is 1. The maximum atomic E-state index is 13.0. The van der Waals surface area contributed by atoms with Crippen molar-refractivity contribution in [2.24, 2.45) is 4.99 Å². The third-order valence-electron chi connectivity index (χ3n) is 4.01. The van der Waals surface area contributed by atoms with Crippen LogP contribution in [0.2, 0.25) is 5.15 Å². The minimum atomic E-state index is -0.311. The standard InChI is InChI=1S/C21H21ClFN5O.HI/c1-24-21(26-11-8-15-2-7-19(22)27-13-15)28-14-16-9-10-25-20(12-16)29-18-5-3-17(23)4-6-18;/h2-7,9-10,12-13H,8,11,14H2,1H3,(H2,24,26,28);1H. The lowest BCUT2D eigenvalue weighted by atomic mass is 10.2. The Morgan fingerprint density at radius 2 is 1.87 bits per heavy atom. The van der Waals surface area contributed by atoms with E-state index in [4.69, 9.17) is 16.3 Å². The minimum absolute atomic E-state index is 0. The fourth-order valence-electron chi connectivity index (χ4n) is 2.53. The minimum Gasteiger partial charge on any atom is -0.439 e. The van der Waals surface area contributed by atoms with Crippen LogP contribution < -0.4 is 15.4 Å². The first kappa shape index (κ1) is 23.8. The van der Waals surface area contributed by atoms with Crippen LogP contribution >= 0.6 is 35.6 Å². The molecule has 0 saturated heterocycles. The van der Waals surface area contributed by atoms with Gasteiger partial charge in [0.1, 0.15) is 16.7 Å². The van der Waals surface area contributed by atoms with Crippen molar-refractivity contribution in [3.8, 4) is 11.6 Å². The molecule has 0 spiro atoms. The van der Waals surface area contributed by atoms with Crippen LogP contribution in [0.3, 0.4) is 0 Å². The first-order chi connectivity index (χ1) is 14.1. The lowest BCUT2D eigenvalue weighted by molar-refractivity contribution is 0.460. The number of nitrogens with zero attached hydrogens (tertiary/aromatic N) is 3. The molecule has 1 aromatic carbocycles. The van der Waals surface area contributed by atoms with Gasteiger partial charge in [0, 0.05) is 38.6 Å². The second kappa shape index (κ2) is 12.3. The summed E-state index contributed by atoms with van der Waals surface area (Å²) >= 11 is 5.80. The van der Waals surface area contributed by atoms with E-state index < -0.39 is 0 Å². The van der Waals surface area contributed by atoms with Gasteiger partial charge in [0.25, 0.3) is 0 Å². The maximum absolute atomic E-state index is 13.0. The first-order valence-corrected chi connectivity index (χ1v) is 9.43. The average Bonchev–Trinajstić information content (AvgIpc) is 2.74. The van der Waals surface area contributed by atoms with Crippen molar-refractivity contribution in [1.82, 2.24) is 20.6 Å². The van der Waals surface area contributed by atoms with Crippen molar-refractivity contribution < 1.29 is 9.13 Å². The van der Waals surface area contributed by atoms with Crippen LogP contribution in [0.25, 0.3) is 0 Å². The molecular weight excluding hydrogens is 520 g/mol.